The molecule has 0 aromatic carbocycles. The second-order valence-electron chi connectivity index (χ2n) is 9.37. The smallest absolute Gasteiger partial charge is 0.0548 e. The molecule has 1 aromatic heterocycles. The zero-order chi connectivity index (χ0) is 19.9. The Hall–Kier alpha value is -1.01. The van der Waals surface area contributed by atoms with E-state index in [0.717, 1.165) is 32.6 Å². The molecule has 29 heavy (non-hydrogen) atoms. The molecule has 2 aliphatic carbocycles. The van der Waals surface area contributed by atoms with Gasteiger partial charge in [0.1, 0.15) is 0 Å². The van der Waals surface area contributed by atoms with E-state index in [2.05, 4.69) is 40.3 Å². The van der Waals surface area contributed by atoms with Gasteiger partial charge in [0.15, 0.2) is 0 Å². The van der Waals surface area contributed by atoms with E-state index in [1.165, 1.54) is 74.7 Å². The van der Waals surface area contributed by atoms with Crippen molar-refractivity contribution in [3.8, 4) is 0 Å². The Bertz CT molecular complexity index is 585. The minimum atomic E-state index is 0.564. The number of aromatic nitrogens is 1. The largest absolute Gasteiger partial charge is 0.311 e. The number of aryl methyl sites for hydroxylation is 1. The standard InChI is InChI=1S/C24H41N5/c1-2-7-18-14-19-16-27-23-10-5-3-8-21(23)25-12-13-26-22-9-4-6-11-24(22)28-17-20(15-18)29-19/h14-15,21-28H,2-13,16-17H2,1H3/t21?,22?,23-,24-/m1/s1. The van der Waals surface area contributed by atoms with Crippen molar-refractivity contribution in [3.05, 3.63) is 29.1 Å². The van der Waals surface area contributed by atoms with Crippen LogP contribution >= 0.6 is 0 Å². The molecule has 4 atom stereocenters. The third kappa shape index (κ3) is 6.00. The minimum Gasteiger partial charge on any atom is -0.311 e. The summed E-state index contributed by atoms with van der Waals surface area (Å²) in [5.74, 6) is 0. The fourth-order valence-electron chi connectivity index (χ4n) is 5.56. The van der Waals surface area contributed by atoms with E-state index in [1.807, 2.05) is 0 Å². The van der Waals surface area contributed by atoms with Crippen molar-refractivity contribution < 1.29 is 0 Å². The van der Waals surface area contributed by atoms with Gasteiger partial charge in [-0.2, -0.15) is 0 Å². The Morgan fingerprint density at radius 2 is 1.17 bits per heavy atom. The van der Waals surface area contributed by atoms with Crippen molar-refractivity contribution in [2.24, 2.45) is 0 Å². The highest BCUT2D eigenvalue weighted by atomic mass is 15.1. The predicted molar refractivity (Wildman–Crippen MR) is 120 cm³/mol. The first kappa shape index (κ1) is 21.2. The normalized spacial score (nSPS) is 31.8. The highest BCUT2D eigenvalue weighted by Gasteiger charge is 2.26. The lowest BCUT2D eigenvalue weighted by Gasteiger charge is -2.34. The van der Waals surface area contributed by atoms with Crippen LogP contribution in [0.2, 0.25) is 0 Å². The highest BCUT2D eigenvalue weighted by Crippen LogP contribution is 2.21. The highest BCUT2D eigenvalue weighted by molar-refractivity contribution is 5.22. The molecule has 2 bridgehead atoms. The summed E-state index contributed by atoms with van der Waals surface area (Å²) in [6.45, 7) is 6.18. The van der Waals surface area contributed by atoms with Crippen molar-refractivity contribution in [1.29, 1.82) is 0 Å². The molecule has 2 fully saturated rings. The van der Waals surface area contributed by atoms with Crippen LogP contribution in [0.5, 0.6) is 0 Å². The first-order valence-electron chi connectivity index (χ1n) is 12.2. The SMILES string of the molecule is CCCc1cc2nc(c1)CN[C@@H]1CCCCC1NCCNC1CCCC[C@H]1NC2. The van der Waals surface area contributed by atoms with Crippen LogP contribution in [0.15, 0.2) is 12.1 Å². The number of rotatable bonds is 2. The van der Waals surface area contributed by atoms with Gasteiger partial charge in [-0.1, -0.05) is 39.0 Å². The predicted octanol–water partition coefficient (Wildman–Crippen LogP) is 3.03. The molecule has 5 nitrogen and oxygen atoms in total. The van der Waals surface area contributed by atoms with Gasteiger partial charge in [-0.05, 0) is 49.8 Å². The summed E-state index contributed by atoms with van der Waals surface area (Å²) in [6, 6.07) is 6.97. The average Bonchev–Trinajstić information content (AvgIpc) is 2.75. The van der Waals surface area contributed by atoms with Crippen molar-refractivity contribution >= 4 is 0 Å². The summed E-state index contributed by atoms with van der Waals surface area (Å²) < 4.78 is 0. The molecular weight excluding hydrogens is 358 g/mol. The van der Waals surface area contributed by atoms with Crippen LogP contribution in [-0.2, 0) is 19.5 Å². The Kier molecular flexibility index (Phi) is 7.94. The van der Waals surface area contributed by atoms with Crippen LogP contribution in [-0.4, -0.2) is 42.2 Å². The number of hydrogen-bond acceptors (Lipinski definition) is 5. The van der Waals surface area contributed by atoms with Crippen LogP contribution in [0.1, 0.15) is 81.7 Å². The second kappa shape index (κ2) is 10.9. The maximum absolute atomic E-state index is 5.04. The van der Waals surface area contributed by atoms with Crippen molar-refractivity contribution in [2.75, 3.05) is 13.1 Å². The van der Waals surface area contributed by atoms with Crippen molar-refractivity contribution in [1.82, 2.24) is 26.3 Å². The van der Waals surface area contributed by atoms with Gasteiger partial charge in [-0.25, -0.2) is 0 Å². The van der Waals surface area contributed by atoms with Gasteiger partial charge >= 0.3 is 0 Å². The van der Waals surface area contributed by atoms with Gasteiger partial charge in [-0.3, -0.25) is 4.98 Å². The van der Waals surface area contributed by atoms with Gasteiger partial charge in [0, 0.05) is 50.3 Å². The molecule has 4 N–H and O–H groups in total. The lowest BCUT2D eigenvalue weighted by molar-refractivity contribution is 0.266. The van der Waals surface area contributed by atoms with Crippen LogP contribution in [0.25, 0.3) is 0 Å². The zero-order valence-electron chi connectivity index (χ0n) is 18.3. The van der Waals surface area contributed by atoms with Gasteiger partial charge in [0.25, 0.3) is 0 Å². The number of nitrogens with one attached hydrogen (secondary N) is 4. The van der Waals surface area contributed by atoms with E-state index >= 15 is 0 Å². The van der Waals surface area contributed by atoms with E-state index in [4.69, 9.17) is 4.98 Å². The van der Waals surface area contributed by atoms with Gasteiger partial charge in [0.2, 0.25) is 0 Å². The maximum Gasteiger partial charge on any atom is 0.0548 e. The molecule has 0 radical (unpaired) electrons. The number of hydrogen-bond donors (Lipinski definition) is 4. The van der Waals surface area contributed by atoms with Gasteiger partial charge in [-0.15, -0.1) is 0 Å². The van der Waals surface area contributed by atoms with E-state index in [-0.39, 0.29) is 0 Å². The fourth-order valence-corrected chi connectivity index (χ4v) is 5.56. The summed E-state index contributed by atoms with van der Waals surface area (Å²) in [7, 11) is 0. The van der Waals surface area contributed by atoms with E-state index in [0.29, 0.717) is 24.2 Å². The van der Waals surface area contributed by atoms with Crippen molar-refractivity contribution in [3.63, 3.8) is 0 Å². The van der Waals surface area contributed by atoms with E-state index in [1.54, 1.807) is 0 Å². The monoisotopic (exact) mass is 399 g/mol. The topological polar surface area (TPSA) is 61.0 Å². The molecule has 0 saturated heterocycles. The minimum absolute atomic E-state index is 0.564. The molecule has 0 amide bonds. The summed E-state index contributed by atoms with van der Waals surface area (Å²) in [5.41, 5.74) is 3.87. The first-order chi connectivity index (χ1) is 14.3. The molecule has 0 spiro atoms. The number of nitrogens with zero attached hydrogens (tertiary/aromatic N) is 1. The molecule has 162 valence electrons. The summed E-state index contributed by atoms with van der Waals surface area (Å²) in [6.07, 6.45) is 12.9. The van der Waals surface area contributed by atoms with Gasteiger partial charge in [0.05, 0.1) is 11.4 Å². The van der Waals surface area contributed by atoms with Crippen molar-refractivity contribution in [2.45, 2.75) is 108 Å². The third-order valence-electron chi connectivity index (χ3n) is 7.09. The third-order valence-corrected chi connectivity index (χ3v) is 7.09. The van der Waals surface area contributed by atoms with E-state index in [9.17, 15) is 0 Å². The van der Waals surface area contributed by atoms with E-state index < -0.39 is 0 Å². The van der Waals surface area contributed by atoms with Crippen LogP contribution < -0.4 is 21.3 Å². The van der Waals surface area contributed by atoms with Crippen LogP contribution in [0.4, 0.5) is 0 Å². The molecule has 2 heterocycles. The molecule has 1 aliphatic heterocycles. The quantitative estimate of drug-likeness (QED) is 0.616. The summed E-state index contributed by atoms with van der Waals surface area (Å²) in [4.78, 5) is 5.04. The Morgan fingerprint density at radius 1 is 0.724 bits per heavy atom. The lowest BCUT2D eigenvalue weighted by Crippen LogP contribution is -2.53. The summed E-state index contributed by atoms with van der Waals surface area (Å²) >= 11 is 0. The van der Waals surface area contributed by atoms with Gasteiger partial charge < -0.3 is 21.3 Å². The number of fused-ring (bicyclic) bond motifs is 4. The fraction of sp³-hybridized carbons (Fsp3) is 0.792. The zero-order valence-corrected chi connectivity index (χ0v) is 18.3. The van der Waals surface area contributed by atoms with Crippen LogP contribution in [0.3, 0.4) is 0 Å². The molecular formula is C24H41N5. The molecule has 3 aliphatic rings. The molecule has 4 rings (SSSR count). The Morgan fingerprint density at radius 3 is 1.62 bits per heavy atom. The average molecular weight is 400 g/mol. The Balaban J connectivity index is 1.53. The molecule has 2 unspecified atom stereocenters. The number of pyridine rings is 1. The second-order valence-corrected chi connectivity index (χ2v) is 9.37. The molecule has 1 aromatic rings. The lowest BCUT2D eigenvalue weighted by atomic mass is 9.89. The molecule has 5 heteroatoms. The Labute approximate surface area is 177 Å². The first-order valence-corrected chi connectivity index (χ1v) is 12.2. The van der Waals surface area contributed by atoms with Crippen LogP contribution in [0, 0.1) is 0 Å². The maximum atomic E-state index is 5.04. The molecule has 2 saturated carbocycles. The summed E-state index contributed by atoms with van der Waals surface area (Å²) in [5, 5.41) is 15.4.